The van der Waals surface area contributed by atoms with Crippen LogP contribution < -0.4 is 5.73 Å². The molecule has 1 heterocycles. The smallest absolute Gasteiger partial charge is 0.0594 e. The molecular formula is C11H22N2O. The molecule has 0 spiro atoms. The fourth-order valence-corrected chi connectivity index (χ4v) is 3.06. The van der Waals surface area contributed by atoms with Gasteiger partial charge in [0, 0.05) is 24.7 Å². The number of hydrogen-bond acceptors (Lipinski definition) is 3. The van der Waals surface area contributed by atoms with Crippen LogP contribution >= 0.6 is 0 Å². The third-order valence-corrected chi connectivity index (χ3v) is 3.96. The molecule has 0 unspecified atom stereocenters. The van der Waals surface area contributed by atoms with Crippen molar-refractivity contribution in [3.63, 3.8) is 0 Å². The van der Waals surface area contributed by atoms with E-state index >= 15 is 0 Å². The topological polar surface area (TPSA) is 38.5 Å². The van der Waals surface area contributed by atoms with Gasteiger partial charge in [-0.3, -0.25) is 4.90 Å². The van der Waals surface area contributed by atoms with Crippen molar-refractivity contribution >= 4 is 0 Å². The summed E-state index contributed by atoms with van der Waals surface area (Å²) >= 11 is 0. The summed E-state index contributed by atoms with van der Waals surface area (Å²) in [7, 11) is 0. The zero-order valence-corrected chi connectivity index (χ0v) is 9.17. The largest absolute Gasteiger partial charge is 0.379 e. The standard InChI is InChI=1S/C11H22N2O/c1-10(12)11(4-2-3-5-11)13-6-8-14-9-7-13/h10H,2-9,12H2,1H3/t10-/m0/s1. The third-order valence-electron chi connectivity index (χ3n) is 3.96. The van der Waals surface area contributed by atoms with Crippen molar-refractivity contribution in [2.75, 3.05) is 26.3 Å². The highest BCUT2D eigenvalue weighted by Crippen LogP contribution is 2.37. The highest BCUT2D eigenvalue weighted by Gasteiger charge is 2.42. The van der Waals surface area contributed by atoms with E-state index in [0.29, 0.717) is 11.6 Å². The molecule has 14 heavy (non-hydrogen) atoms. The molecule has 1 aliphatic carbocycles. The zero-order valence-electron chi connectivity index (χ0n) is 9.17. The van der Waals surface area contributed by atoms with Crippen LogP contribution in [-0.2, 0) is 4.74 Å². The van der Waals surface area contributed by atoms with Crippen LogP contribution in [0.1, 0.15) is 32.6 Å². The Balaban J connectivity index is 2.08. The molecule has 0 radical (unpaired) electrons. The molecule has 2 fully saturated rings. The molecule has 0 aromatic rings. The summed E-state index contributed by atoms with van der Waals surface area (Å²) in [6, 6.07) is 0.295. The summed E-state index contributed by atoms with van der Waals surface area (Å²) in [5.41, 5.74) is 6.48. The Morgan fingerprint density at radius 3 is 2.29 bits per heavy atom. The van der Waals surface area contributed by atoms with Crippen LogP contribution in [0.2, 0.25) is 0 Å². The Labute approximate surface area is 86.6 Å². The molecule has 2 aliphatic rings. The number of rotatable bonds is 2. The lowest BCUT2D eigenvalue weighted by Gasteiger charge is -2.46. The lowest BCUT2D eigenvalue weighted by atomic mass is 9.87. The second-order valence-electron chi connectivity index (χ2n) is 4.70. The van der Waals surface area contributed by atoms with Crippen LogP contribution in [0.15, 0.2) is 0 Å². The molecule has 2 rings (SSSR count). The number of hydrogen-bond donors (Lipinski definition) is 1. The Hall–Kier alpha value is -0.120. The minimum absolute atomic E-state index is 0.295. The average Bonchev–Trinajstić information content (AvgIpc) is 2.69. The van der Waals surface area contributed by atoms with Gasteiger partial charge in [-0.05, 0) is 19.8 Å². The maximum atomic E-state index is 6.18. The first kappa shape index (κ1) is 10.4. The average molecular weight is 198 g/mol. The van der Waals surface area contributed by atoms with Crippen LogP contribution in [0, 0.1) is 0 Å². The Bertz CT molecular complexity index is 182. The number of ether oxygens (including phenoxy) is 1. The van der Waals surface area contributed by atoms with E-state index < -0.39 is 0 Å². The lowest BCUT2D eigenvalue weighted by molar-refractivity contribution is -0.0284. The second-order valence-corrected chi connectivity index (χ2v) is 4.70. The van der Waals surface area contributed by atoms with Crippen molar-refractivity contribution in [2.45, 2.75) is 44.2 Å². The van der Waals surface area contributed by atoms with E-state index in [4.69, 9.17) is 10.5 Å². The molecule has 3 nitrogen and oxygen atoms in total. The summed E-state index contributed by atoms with van der Waals surface area (Å²) in [6.45, 7) is 6.08. The van der Waals surface area contributed by atoms with Gasteiger partial charge in [0.05, 0.1) is 13.2 Å². The first-order chi connectivity index (χ1) is 6.76. The molecule has 0 aromatic heterocycles. The van der Waals surface area contributed by atoms with Crippen molar-refractivity contribution in [1.82, 2.24) is 4.90 Å². The zero-order chi connectivity index (χ0) is 10.0. The summed E-state index contributed by atoms with van der Waals surface area (Å²) in [6.07, 6.45) is 5.26. The number of nitrogens with zero attached hydrogens (tertiary/aromatic N) is 1. The normalized spacial score (nSPS) is 30.4. The minimum Gasteiger partial charge on any atom is -0.379 e. The van der Waals surface area contributed by atoms with E-state index in [0.717, 1.165) is 26.3 Å². The fourth-order valence-electron chi connectivity index (χ4n) is 3.06. The molecule has 2 N–H and O–H groups in total. The van der Waals surface area contributed by atoms with Gasteiger partial charge in [-0.2, -0.15) is 0 Å². The molecule has 0 aromatic carbocycles. The molecule has 0 bridgehead atoms. The van der Waals surface area contributed by atoms with E-state index in [-0.39, 0.29) is 0 Å². The monoisotopic (exact) mass is 198 g/mol. The van der Waals surface area contributed by atoms with Gasteiger partial charge in [0.15, 0.2) is 0 Å². The van der Waals surface area contributed by atoms with Gasteiger partial charge in [0.1, 0.15) is 0 Å². The first-order valence-electron chi connectivity index (χ1n) is 5.84. The van der Waals surface area contributed by atoms with Crippen LogP contribution in [0.25, 0.3) is 0 Å². The summed E-state index contributed by atoms with van der Waals surface area (Å²) < 4.78 is 5.40. The van der Waals surface area contributed by atoms with Crippen LogP contribution in [0.3, 0.4) is 0 Å². The molecule has 1 atom stereocenters. The predicted molar refractivity (Wildman–Crippen MR) is 57.2 cm³/mol. The van der Waals surface area contributed by atoms with Gasteiger partial charge in [-0.1, -0.05) is 12.8 Å². The number of nitrogens with two attached hydrogens (primary N) is 1. The first-order valence-corrected chi connectivity index (χ1v) is 5.84. The third kappa shape index (κ3) is 1.69. The SMILES string of the molecule is C[C@H](N)C1(N2CCOCC2)CCCC1. The van der Waals surface area contributed by atoms with Gasteiger partial charge in [-0.15, -0.1) is 0 Å². The van der Waals surface area contributed by atoms with Gasteiger partial charge in [-0.25, -0.2) is 0 Å². The molecule has 1 saturated carbocycles. The van der Waals surface area contributed by atoms with Crippen molar-refractivity contribution in [3.8, 4) is 0 Å². The Morgan fingerprint density at radius 2 is 1.79 bits per heavy atom. The quantitative estimate of drug-likeness (QED) is 0.719. The van der Waals surface area contributed by atoms with Gasteiger partial charge >= 0.3 is 0 Å². The number of morpholine rings is 1. The van der Waals surface area contributed by atoms with Crippen molar-refractivity contribution in [3.05, 3.63) is 0 Å². The molecule has 82 valence electrons. The van der Waals surface area contributed by atoms with Crippen molar-refractivity contribution < 1.29 is 4.74 Å². The van der Waals surface area contributed by atoms with E-state index in [2.05, 4.69) is 11.8 Å². The van der Waals surface area contributed by atoms with Gasteiger partial charge < -0.3 is 10.5 Å². The van der Waals surface area contributed by atoms with Crippen molar-refractivity contribution in [2.24, 2.45) is 5.73 Å². The summed E-state index contributed by atoms with van der Waals surface area (Å²) in [4.78, 5) is 2.58. The molecule has 1 saturated heterocycles. The van der Waals surface area contributed by atoms with E-state index in [1.54, 1.807) is 0 Å². The van der Waals surface area contributed by atoms with E-state index in [9.17, 15) is 0 Å². The van der Waals surface area contributed by atoms with E-state index in [1.165, 1.54) is 25.7 Å². The maximum absolute atomic E-state index is 6.18. The highest BCUT2D eigenvalue weighted by atomic mass is 16.5. The Morgan fingerprint density at radius 1 is 1.21 bits per heavy atom. The van der Waals surface area contributed by atoms with Crippen LogP contribution in [0.4, 0.5) is 0 Å². The fraction of sp³-hybridized carbons (Fsp3) is 1.00. The summed E-state index contributed by atoms with van der Waals surface area (Å²) in [5.74, 6) is 0. The van der Waals surface area contributed by atoms with Gasteiger partial charge in [0.2, 0.25) is 0 Å². The van der Waals surface area contributed by atoms with Gasteiger partial charge in [0.25, 0.3) is 0 Å². The molecule has 1 aliphatic heterocycles. The summed E-state index contributed by atoms with van der Waals surface area (Å²) in [5, 5.41) is 0. The molecular weight excluding hydrogens is 176 g/mol. The predicted octanol–water partition coefficient (Wildman–Crippen LogP) is 0.979. The van der Waals surface area contributed by atoms with Crippen molar-refractivity contribution in [1.29, 1.82) is 0 Å². The highest BCUT2D eigenvalue weighted by molar-refractivity contribution is 5.01. The molecule has 0 amide bonds. The Kier molecular flexibility index (Phi) is 3.10. The second kappa shape index (κ2) is 4.17. The lowest BCUT2D eigenvalue weighted by Crippen LogP contribution is -2.60. The maximum Gasteiger partial charge on any atom is 0.0594 e. The van der Waals surface area contributed by atoms with Crippen LogP contribution in [0.5, 0.6) is 0 Å². The van der Waals surface area contributed by atoms with E-state index in [1.807, 2.05) is 0 Å². The minimum atomic E-state index is 0.295. The van der Waals surface area contributed by atoms with Crippen LogP contribution in [-0.4, -0.2) is 42.8 Å². The molecule has 3 heteroatoms.